The van der Waals surface area contributed by atoms with E-state index in [0.717, 1.165) is 5.56 Å². The van der Waals surface area contributed by atoms with E-state index in [9.17, 15) is 12.8 Å². The zero-order valence-corrected chi connectivity index (χ0v) is 17.5. The minimum atomic E-state index is -3.20. The lowest BCUT2D eigenvalue weighted by molar-refractivity contribution is -0.0604. The van der Waals surface area contributed by atoms with E-state index in [-0.39, 0.29) is 23.8 Å². The third-order valence-electron chi connectivity index (χ3n) is 4.60. The summed E-state index contributed by atoms with van der Waals surface area (Å²) >= 11 is 0. The number of hydrogen-bond acceptors (Lipinski definition) is 4. The van der Waals surface area contributed by atoms with Gasteiger partial charge in [-0.25, -0.2) is 12.8 Å². The molecule has 152 valence electrons. The second-order valence-electron chi connectivity index (χ2n) is 7.80. The van der Waals surface area contributed by atoms with Gasteiger partial charge in [-0.3, -0.25) is 4.99 Å². The molecule has 1 saturated heterocycles. The maximum Gasteiger partial charge on any atom is 0.193 e. The Balaban J connectivity index is 2.02. The van der Waals surface area contributed by atoms with Crippen LogP contribution in [0.15, 0.2) is 29.3 Å². The molecule has 0 bridgehead atoms. The fraction of sp³-hybridized carbons (Fsp3) is 0.632. The monoisotopic (exact) mass is 399 g/mol. The van der Waals surface area contributed by atoms with E-state index in [4.69, 9.17) is 4.74 Å². The van der Waals surface area contributed by atoms with Crippen LogP contribution in [0.2, 0.25) is 0 Å². The summed E-state index contributed by atoms with van der Waals surface area (Å²) in [7, 11) is -1.52. The number of sulfone groups is 1. The van der Waals surface area contributed by atoms with Gasteiger partial charge in [-0.2, -0.15) is 0 Å². The van der Waals surface area contributed by atoms with Crippen LogP contribution in [0.5, 0.6) is 0 Å². The Labute approximate surface area is 161 Å². The molecule has 1 fully saturated rings. The Hall–Kier alpha value is -1.67. The summed E-state index contributed by atoms with van der Waals surface area (Å²) in [5.74, 6) is 0.398. The van der Waals surface area contributed by atoms with Crippen LogP contribution in [-0.2, 0) is 14.6 Å². The van der Waals surface area contributed by atoms with Crippen LogP contribution in [0.25, 0.3) is 0 Å². The molecular weight excluding hydrogens is 369 g/mol. The average molecular weight is 400 g/mol. The third kappa shape index (κ3) is 5.65. The van der Waals surface area contributed by atoms with E-state index < -0.39 is 14.6 Å². The summed E-state index contributed by atoms with van der Waals surface area (Å²) in [4.78, 5) is 6.34. The number of benzene rings is 1. The minimum absolute atomic E-state index is 0.0364. The molecule has 2 unspecified atom stereocenters. The number of ether oxygens (including phenoxy) is 1. The van der Waals surface area contributed by atoms with E-state index in [1.807, 2.05) is 11.8 Å². The summed E-state index contributed by atoms with van der Waals surface area (Å²) in [5.41, 5.74) is 0.902. The summed E-state index contributed by atoms with van der Waals surface area (Å²) in [6.07, 6.45) is -0.239. The first kappa shape index (κ1) is 21.6. The van der Waals surface area contributed by atoms with Crippen LogP contribution in [-0.4, -0.2) is 62.6 Å². The zero-order chi connectivity index (χ0) is 20.2. The molecule has 2 rings (SSSR count). The van der Waals surface area contributed by atoms with Crippen molar-refractivity contribution in [1.82, 2.24) is 10.2 Å². The van der Waals surface area contributed by atoms with Gasteiger partial charge in [0, 0.05) is 20.1 Å². The molecule has 27 heavy (non-hydrogen) atoms. The topological polar surface area (TPSA) is 71.0 Å². The highest BCUT2D eigenvalue weighted by atomic mass is 32.2. The van der Waals surface area contributed by atoms with Crippen LogP contribution in [0.1, 0.15) is 39.4 Å². The fourth-order valence-corrected chi connectivity index (χ4v) is 3.90. The molecule has 1 aromatic carbocycles. The van der Waals surface area contributed by atoms with E-state index in [2.05, 4.69) is 10.3 Å². The number of nitrogens with zero attached hydrogens (tertiary/aromatic N) is 2. The van der Waals surface area contributed by atoms with Crippen molar-refractivity contribution in [1.29, 1.82) is 0 Å². The number of guanidine groups is 1. The quantitative estimate of drug-likeness (QED) is 0.622. The van der Waals surface area contributed by atoms with Crippen molar-refractivity contribution in [2.24, 2.45) is 4.99 Å². The summed E-state index contributed by atoms with van der Waals surface area (Å²) in [6.45, 7) is 8.57. The zero-order valence-electron chi connectivity index (χ0n) is 16.7. The van der Waals surface area contributed by atoms with Crippen molar-refractivity contribution in [3.05, 3.63) is 35.6 Å². The van der Waals surface area contributed by atoms with Gasteiger partial charge in [0.05, 0.1) is 23.1 Å². The van der Waals surface area contributed by atoms with Crippen LogP contribution in [0.4, 0.5) is 4.39 Å². The molecule has 0 amide bonds. The predicted octanol–water partition coefficient (Wildman–Crippen LogP) is 2.38. The van der Waals surface area contributed by atoms with Gasteiger partial charge in [0.15, 0.2) is 15.8 Å². The highest BCUT2D eigenvalue weighted by Gasteiger charge is 2.30. The lowest BCUT2D eigenvalue weighted by Crippen LogP contribution is -2.51. The van der Waals surface area contributed by atoms with Crippen LogP contribution in [0, 0.1) is 5.82 Å². The normalized spacial score (nSPS) is 22.0. The third-order valence-corrected chi connectivity index (χ3v) is 7.21. The van der Waals surface area contributed by atoms with Crippen LogP contribution < -0.4 is 5.32 Å². The minimum Gasteiger partial charge on any atom is -0.367 e. The van der Waals surface area contributed by atoms with Crippen molar-refractivity contribution >= 4 is 15.8 Å². The highest BCUT2D eigenvalue weighted by molar-refractivity contribution is 7.92. The maximum atomic E-state index is 13.2. The van der Waals surface area contributed by atoms with E-state index >= 15 is 0 Å². The molecule has 0 aliphatic carbocycles. The van der Waals surface area contributed by atoms with Crippen LogP contribution >= 0.6 is 0 Å². The number of halogens is 1. The van der Waals surface area contributed by atoms with Crippen molar-refractivity contribution in [2.75, 3.05) is 32.4 Å². The Morgan fingerprint density at radius 3 is 2.48 bits per heavy atom. The molecule has 1 aliphatic heterocycles. The highest BCUT2D eigenvalue weighted by Crippen LogP contribution is 2.25. The number of hydrogen-bond donors (Lipinski definition) is 1. The van der Waals surface area contributed by atoms with Gasteiger partial charge in [0.25, 0.3) is 0 Å². The molecule has 6 nitrogen and oxygen atoms in total. The van der Waals surface area contributed by atoms with E-state index in [0.29, 0.717) is 25.6 Å². The first-order chi connectivity index (χ1) is 12.5. The Kier molecular flexibility index (Phi) is 6.86. The second kappa shape index (κ2) is 8.56. The van der Waals surface area contributed by atoms with Crippen LogP contribution in [0.3, 0.4) is 0 Å². The van der Waals surface area contributed by atoms with Gasteiger partial charge in [0.2, 0.25) is 0 Å². The lowest BCUT2D eigenvalue weighted by Gasteiger charge is -2.38. The largest absolute Gasteiger partial charge is 0.367 e. The molecule has 8 heteroatoms. The van der Waals surface area contributed by atoms with E-state index in [1.165, 1.54) is 12.1 Å². The number of nitrogens with one attached hydrogen (secondary N) is 1. The van der Waals surface area contributed by atoms with Gasteiger partial charge in [-0.1, -0.05) is 12.1 Å². The first-order valence-electron chi connectivity index (χ1n) is 9.12. The van der Waals surface area contributed by atoms with Crippen molar-refractivity contribution in [2.45, 2.75) is 44.6 Å². The van der Waals surface area contributed by atoms with Crippen molar-refractivity contribution in [3.63, 3.8) is 0 Å². The molecule has 0 spiro atoms. The first-order valence-corrected chi connectivity index (χ1v) is 10.8. The van der Waals surface area contributed by atoms with Gasteiger partial charge in [-0.15, -0.1) is 0 Å². The van der Waals surface area contributed by atoms with Gasteiger partial charge in [-0.05, 0) is 45.4 Å². The number of morpholine rings is 1. The number of rotatable bonds is 4. The molecule has 1 aliphatic rings. The Morgan fingerprint density at radius 1 is 1.30 bits per heavy atom. The Bertz CT molecular complexity index is 757. The summed E-state index contributed by atoms with van der Waals surface area (Å²) in [5, 5.41) is 3.15. The maximum absolute atomic E-state index is 13.2. The molecule has 2 atom stereocenters. The van der Waals surface area contributed by atoms with Gasteiger partial charge >= 0.3 is 0 Å². The molecule has 1 N–H and O–H groups in total. The van der Waals surface area contributed by atoms with Crippen molar-refractivity contribution < 1.29 is 17.5 Å². The summed E-state index contributed by atoms with van der Waals surface area (Å²) in [6, 6.07) is 6.30. The SMILES string of the molecule is CN=C(NCCS(=O)(=O)C(C)(C)C)N1CC(C)OC(c2ccc(F)cc2)C1. The molecule has 0 saturated carbocycles. The van der Waals surface area contributed by atoms with Gasteiger partial charge < -0.3 is 15.0 Å². The summed E-state index contributed by atoms with van der Waals surface area (Å²) < 4.78 is 42.9. The fourth-order valence-electron chi connectivity index (χ4n) is 2.92. The van der Waals surface area contributed by atoms with Gasteiger partial charge in [0.1, 0.15) is 11.9 Å². The average Bonchev–Trinajstić information content (AvgIpc) is 2.57. The number of aliphatic imine (C=N–C) groups is 1. The van der Waals surface area contributed by atoms with E-state index in [1.54, 1.807) is 40.0 Å². The second-order valence-corrected chi connectivity index (χ2v) is 10.7. The lowest BCUT2D eigenvalue weighted by atomic mass is 10.1. The molecular formula is C19H30FN3O3S. The molecule has 1 heterocycles. The van der Waals surface area contributed by atoms with Crippen molar-refractivity contribution in [3.8, 4) is 0 Å². The molecule has 0 aromatic heterocycles. The standard InChI is InChI=1S/C19H30FN3O3S/c1-14-12-23(13-17(26-14)15-6-8-16(20)9-7-15)18(21-5)22-10-11-27(24,25)19(2,3)4/h6-9,14,17H,10-13H2,1-5H3,(H,21,22). The Morgan fingerprint density at radius 2 is 1.93 bits per heavy atom. The molecule has 1 aromatic rings. The molecule has 0 radical (unpaired) electrons. The smallest absolute Gasteiger partial charge is 0.193 e. The predicted molar refractivity (Wildman–Crippen MR) is 106 cm³/mol.